The Morgan fingerprint density at radius 2 is 2.09 bits per heavy atom. The average molecular weight is 159 g/mol. The van der Waals surface area contributed by atoms with Gasteiger partial charge in [-0.1, -0.05) is 0 Å². The molecule has 1 aliphatic rings. The number of imide groups is 1. The third-order valence-corrected chi connectivity index (χ3v) is 1.36. The molecule has 1 aliphatic heterocycles. The van der Waals surface area contributed by atoms with Crippen LogP contribution in [-0.4, -0.2) is 40.5 Å². The summed E-state index contributed by atoms with van der Waals surface area (Å²) in [6.45, 7) is -0.470. The first-order valence-electron chi connectivity index (χ1n) is 2.76. The molecule has 0 bridgehead atoms. The van der Waals surface area contributed by atoms with Crippen LogP contribution in [-0.2, 0) is 4.79 Å². The maximum absolute atomic E-state index is 10.7. The molecule has 0 aromatic heterocycles. The van der Waals surface area contributed by atoms with Crippen molar-refractivity contribution >= 4 is 11.9 Å². The molecule has 0 spiro atoms. The summed E-state index contributed by atoms with van der Waals surface area (Å²) in [6.07, 6.45) is 0. The zero-order chi connectivity index (χ0) is 8.59. The molecule has 0 saturated carbocycles. The van der Waals surface area contributed by atoms with Gasteiger partial charge in [-0.05, 0) is 5.01 Å². The number of carbonyl (C=O) groups is 2. The predicted molar refractivity (Wildman–Crippen MR) is 31.9 cm³/mol. The van der Waals surface area contributed by atoms with Crippen LogP contribution in [0.15, 0.2) is 0 Å². The Bertz CT molecular complexity index is 237. The normalized spacial score (nSPS) is 17.9. The molecule has 3 amide bonds. The van der Waals surface area contributed by atoms with E-state index >= 15 is 0 Å². The van der Waals surface area contributed by atoms with E-state index in [1.54, 1.807) is 0 Å². The van der Waals surface area contributed by atoms with E-state index in [2.05, 4.69) is 0 Å². The van der Waals surface area contributed by atoms with Crippen LogP contribution >= 0.6 is 0 Å². The van der Waals surface area contributed by atoms with E-state index in [0.717, 1.165) is 0 Å². The van der Waals surface area contributed by atoms with Crippen LogP contribution in [0.5, 0.6) is 0 Å². The van der Waals surface area contributed by atoms with Crippen molar-refractivity contribution in [1.29, 1.82) is 0 Å². The number of likely N-dealkylation sites (N-methyl/N-ethyl adjacent to an activating group) is 1. The van der Waals surface area contributed by atoms with Crippen molar-refractivity contribution in [2.45, 2.75) is 0 Å². The fraction of sp³-hybridized carbons (Fsp3) is 0.500. The summed E-state index contributed by atoms with van der Waals surface area (Å²) in [5, 5.41) is 9.40. The summed E-state index contributed by atoms with van der Waals surface area (Å²) in [5.41, 5.74) is 0. The van der Waals surface area contributed by atoms with Gasteiger partial charge in [-0.3, -0.25) is 9.69 Å². The van der Waals surface area contributed by atoms with Gasteiger partial charge in [0, 0.05) is 7.05 Å². The first-order valence-corrected chi connectivity index (χ1v) is 2.76. The van der Waals surface area contributed by atoms with Crippen molar-refractivity contribution in [2.24, 2.45) is 0 Å². The molecule has 0 aliphatic carbocycles. The van der Waals surface area contributed by atoms with E-state index in [9.17, 15) is 19.7 Å². The lowest BCUT2D eigenvalue weighted by Gasteiger charge is -2.02. The van der Waals surface area contributed by atoms with Gasteiger partial charge < -0.3 is 0 Å². The van der Waals surface area contributed by atoms with Gasteiger partial charge in [-0.25, -0.2) is 14.9 Å². The molecule has 60 valence electrons. The van der Waals surface area contributed by atoms with Gasteiger partial charge in [0.15, 0.2) is 11.6 Å². The van der Waals surface area contributed by atoms with Crippen molar-refractivity contribution < 1.29 is 14.6 Å². The van der Waals surface area contributed by atoms with E-state index in [-0.39, 0.29) is 5.01 Å². The third-order valence-electron chi connectivity index (χ3n) is 1.36. The average Bonchev–Trinajstić information content (AvgIpc) is 2.17. The topological polar surface area (TPSA) is 83.8 Å². The maximum atomic E-state index is 10.7. The Hall–Kier alpha value is -1.66. The van der Waals surface area contributed by atoms with Crippen LogP contribution in [0.3, 0.4) is 0 Å². The van der Waals surface area contributed by atoms with Crippen molar-refractivity contribution in [3.05, 3.63) is 10.1 Å². The van der Waals surface area contributed by atoms with Crippen molar-refractivity contribution in [1.82, 2.24) is 9.91 Å². The van der Waals surface area contributed by atoms with Gasteiger partial charge in [-0.2, -0.15) is 0 Å². The van der Waals surface area contributed by atoms with Crippen LogP contribution in [0.4, 0.5) is 4.79 Å². The number of hydrazine groups is 1. The molecule has 1 rings (SSSR count). The summed E-state index contributed by atoms with van der Waals surface area (Å²) in [6, 6.07) is -0.889. The molecule has 7 nitrogen and oxygen atoms in total. The molecule has 1 fully saturated rings. The minimum Gasteiger partial charge on any atom is -0.272 e. The van der Waals surface area contributed by atoms with Gasteiger partial charge >= 0.3 is 6.03 Å². The molecule has 7 heteroatoms. The standard InChI is InChI=1S/C4H5N3O4/c1-5-3(8)2-6(4(5)9)7(10)11/h2H2,1H3. The van der Waals surface area contributed by atoms with Crippen LogP contribution < -0.4 is 0 Å². The highest BCUT2D eigenvalue weighted by molar-refractivity contribution is 6.00. The molecule has 0 atom stereocenters. The lowest BCUT2D eigenvalue weighted by Crippen LogP contribution is -2.34. The number of rotatable bonds is 1. The molecule has 1 heterocycles. The van der Waals surface area contributed by atoms with Crippen molar-refractivity contribution in [2.75, 3.05) is 13.6 Å². The number of urea groups is 1. The van der Waals surface area contributed by atoms with Crippen molar-refractivity contribution in [3.63, 3.8) is 0 Å². The monoisotopic (exact) mass is 159 g/mol. The number of carbonyl (C=O) groups excluding carboxylic acids is 2. The first kappa shape index (κ1) is 7.45. The van der Waals surface area contributed by atoms with Crippen LogP contribution in [0.1, 0.15) is 0 Å². The predicted octanol–water partition coefficient (Wildman–Crippen LogP) is -0.928. The van der Waals surface area contributed by atoms with Gasteiger partial charge in [0.2, 0.25) is 0 Å². The summed E-state index contributed by atoms with van der Waals surface area (Å²) in [7, 11) is 1.20. The molecule has 1 saturated heterocycles. The second-order valence-corrected chi connectivity index (χ2v) is 2.03. The summed E-state index contributed by atoms with van der Waals surface area (Å²) in [4.78, 5) is 32.2. The quantitative estimate of drug-likeness (QED) is 0.281. The highest BCUT2D eigenvalue weighted by Crippen LogP contribution is 2.06. The molecule has 0 aromatic carbocycles. The Kier molecular flexibility index (Phi) is 1.48. The number of hydrogen-bond donors (Lipinski definition) is 0. The highest BCUT2D eigenvalue weighted by Gasteiger charge is 2.40. The first-order chi connectivity index (χ1) is 5.04. The fourth-order valence-electron chi connectivity index (χ4n) is 0.709. The van der Waals surface area contributed by atoms with Crippen LogP contribution in [0.25, 0.3) is 0 Å². The molecule has 0 N–H and O–H groups in total. The Morgan fingerprint density at radius 1 is 1.55 bits per heavy atom. The zero-order valence-electron chi connectivity index (χ0n) is 5.68. The Labute approximate surface area is 61.3 Å². The fourth-order valence-corrected chi connectivity index (χ4v) is 0.709. The second-order valence-electron chi connectivity index (χ2n) is 2.03. The highest BCUT2D eigenvalue weighted by atomic mass is 16.7. The molecular formula is C4H5N3O4. The van der Waals surface area contributed by atoms with Crippen LogP contribution in [0, 0.1) is 10.1 Å². The molecule has 0 radical (unpaired) electrons. The van der Waals surface area contributed by atoms with E-state index in [0.29, 0.717) is 4.90 Å². The van der Waals surface area contributed by atoms with E-state index in [4.69, 9.17) is 0 Å². The SMILES string of the molecule is CN1C(=O)CN([N+](=O)[O-])C1=O. The van der Waals surface area contributed by atoms with Gasteiger partial charge in [0.1, 0.15) is 0 Å². The zero-order valence-corrected chi connectivity index (χ0v) is 5.68. The van der Waals surface area contributed by atoms with Gasteiger partial charge in [-0.15, -0.1) is 0 Å². The summed E-state index contributed by atoms with van der Waals surface area (Å²) >= 11 is 0. The van der Waals surface area contributed by atoms with Gasteiger partial charge in [0.25, 0.3) is 5.91 Å². The minimum absolute atomic E-state index is 0.266. The Morgan fingerprint density at radius 3 is 2.27 bits per heavy atom. The van der Waals surface area contributed by atoms with E-state index in [1.165, 1.54) is 7.05 Å². The van der Waals surface area contributed by atoms with Crippen molar-refractivity contribution in [3.8, 4) is 0 Å². The number of amides is 3. The van der Waals surface area contributed by atoms with Crippen LogP contribution in [0.2, 0.25) is 0 Å². The molecular weight excluding hydrogens is 154 g/mol. The molecule has 11 heavy (non-hydrogen) atoms. The maximum Gasteiger partial charge on any atom is 0.384 e. The molecule has 0 aromatic rings. The summed E-state index contributed by atoms with van der Waals surface area (Å²) in [5.74, 6) is -0.563. The van der Waals surface area contributed by atoms with Gasteiger partial charge in [0.05, 0.1) is 0 Å². The minimum atomic E-state index is -0.899. The van der Waals surface area contributed by atoms with E-state index in [1.807, 2.05) is 0 Å². The number of nitrogens with zero attached hydrogens (tertiary/aromatic N) is 3. The lowest BCUT2D eigenvalue weighted by atomic mass is 10.6. The number of nitro groups is 1. The third kappa shape index (κ3) is 0.997. The Balaban J connectivity index is 2.83. The summed E-state index contributed by atoms with van der Waals surface area (Å²) < 4.78 is 0. The molecule has 0 unspecified atom stereocenters. The lowest BCUT2D eigenvalue weighted by molar-refractivity contribution is -0.628. The largest absolute Gasteiger partial charge is 0.384 e. The smallest absolute Gasteiger partial charge is 0.272 e. The second kappa shape index (κ2) is 2.19. The van der Waals surface area contributed by atoms with E-state index < -0.39 is 23.5 Å². The number of hydrogen-bond acceptors (Lipinski definition) is 4.